The molecule has 0 bridgehead atoms. The predicted octanol–water partition coefficient (Wildman–Crippen LogP) is 4.20. The number of carbonyl (C=O) groups excluding carboxylic acids is 2. The second-order valence-electron chi connectivity index (χ2n) is 11.9. The minimum atomic E-state index is -2.10. The third kappa shape index (κ3) is 15.3. The van der Waals surface area contributed by atoms with Gasteiger partial charge in [-0.3, -0.25) is 4.79 Å². The second kappa shape index (κ2) is 11.8. The molecule has 0 saturated heterocycles. The average Bonchev–Trinajstić information content (AvgIpc) is 2.48. The van der Waals surface area contributed by atoms with Crippen LogP contribution in [0.3, 0.4) is 0 Å². The quantitative estimate of drug-likeness (QED) is 0.279. The lowest BCUT2D eigenvalue weighted by molar-refractivity contribution is -0.127. The molecule has 184 valence electrons. The monoisotopic (exact) mass is 509 g/mol. The fourth-order valence-corrected chi connectivity index (χ4v) is 6.90. The molecule has 1 N–H and O–H groups in total. The van der Waals surface area contributed by atoms with Crippen LogP contribution in [0.5, 0.6) is 0 Å². The van der Waals surface area contributed by atoms with Crippen LogP contribution in [0.25, 0.3) is 0 Å². The normalized spacial score (nSPS) is 17.6. The molecule has 0 fully saturated rings. The zero-order valence-electron chi connectivity index (χ0n) is 22.0. The lowest BCUT2D eigenvalue weighted by Crippen LogP contribution is -2.61. The van der Waals surface area contributed by atoms with E-state index in [0.717, 1.165) is 6.29 Å². The summed E-state index contributed by atoms with van der Waals surface area (Å²) in [5, 5.41) is 2.76. The van der Waals surface area contributed by atoms with E-state index in [2.05, 4.69) is 83.9 Å². The van der Waals surface area contributed by atoms with Crippen molar-refractivity contribution in [2.75, 3.05) is 6.61 Å². The van der Waals surface area contributed by atoms with Crippen molar-refractivity contribution >= 4 is 45.5 Å². The Hall–Kier alpha value is -0.152. The first-order valence-corrected chi connectivity index (χ1v) is 24.7. The Morgan fingerprint density at radius 2 is 1.16 bits per heavy atom. The van der Waals surface area contributed by atoms with E-state index in [1.807, 2.05) is 0 Å². The van der Waals surface area contributed by atoms with Crippen LogP contribution < -0.4 is 5.32 Å². The highest BCUT2D eigenvalue weighted by Crippen LogP contribution is 2.26. The summed E-state index contributed by atoms with van der Waals surface area (Å²) < 4.78 is 26.0. The van der Waals surface area contributed by atoms with Crippen LogP contribution in [0.15, 0.2) is 0 Å². The molecule has 0 spiro atoms. The van der Waals surface area contributed by atoms with Gasteiger partial charge in [0.1, 0.15) is 12.3 Å². The molecule has 0 radical (unpaired) electrons. The summed E-state index contributed by atoms with van der Waals surface area (Å²) in [5.74, 6) is -0.283. The van der Waals surface area contributed by atoms with Gasteiger partial charge in [0.2, 0.25) is 5.91 Å². The summed E-state index contributed by atoms with van der Waals surface area (Å²) in [6, 6.07) is -0.829. The molecule has 7 nitrogen and oxygen atoms in total. The Labute approximate surface area is 194 Å². The lowest BCUT2D eigenvalue weighted by atomic mass is 10.0. The summed E-state index contributed by atoms with van der Waals surface area (Å²) in [4.78, 5) is 23.9. The summed E-state index contributed by atoms with van der Waals surface area (Å²) in [6.45, 7) is 27.0. The van der Waals surface area contributed by atoms with Crippen molar-refractivity contribution in [1.29, 1.82) is 0 Å². The Kier molecular flexibility index (Phi) is 11.8. The molecule has 0 aliphatic rings. The van der Waals surface area contributed by atoms with Gasteiger partial charge in [-0.2, -0.15) is 0 Å². The van der Waals surface area contributed by atoms with Crippen LogP contribution in [-0.4, -0.2) is 76.4 Å². The molecule has 0 aliphatic heterocycles. The summed E-state index contributed by atoms with van der Waals surface area (Å²) in [6.07, 6.45) is -0.852. The van der Waals surface area contributed by atoms with Gasteiger partial charge >= 0.3 is 0 Å². The highest BCUT2D eigenvalue weighted by molar-refractivity contribution is 6.71. The number of carbonyl (C=O) groups is 2. The van der Waals surface area contributed by atoms with Crippen LogP contribution >= 0.6 is 0 Å². The minimum Gasteiger partial charge on any atom is -0.415 e. The highest BCUT2D eigenvalue weighted by atomic mass is 28.4. The van der Waals surface area contributed by atoms with E-state index in [1.165, 1.54) is 6.92 Å². The van der Waals surface area contributed by atoms with Gasteiger partial charge < -0.3 is 27.8 Å². The molecule has 1 amide bonds. The number of hydrogen-bond acceptors (Lipinski definition) is 6. The van der Waals surface area contributed by atoms with Gasteiger partial charge in [0.25, 0.3) is 0 Å². The summed E-state index contributed by atoms with van der Waals surface area (Å²) >= 11 is 0. The Morgan fingerprint density at radius 3 is 1.48 bits per heavy atom. The van der Waals surface area contributed by atoms with Crippen molar-refractivity contribution in [2.45, 2.75) is 110 Å². The van der Waals surface area contributed by atoms with Crippen LogP contribution in [0.2, 0.25) is 78.6 Å². The Balaban J connectivity index is 6.43. The minimum absolute atomic E-state index is 0.283. The van der Waals surface area contributed by atoms with E-state index in [9.17, 15) is 9.59 Å². The van der Waals surface area contributed by atoms with E-state index >= 15 is 0 Å². The van der Waals surface area contributed by atoms with Crippen LogP contribution in [0, 0.1) is 0 Å². The SMILES string of the molecule is CC(=O)N[C@@H](C=O)[C@@H](O[Si](C)(C)C)[C@H](O[Si](C)(C)C)[C@@H](CO[Si](C)(C)C)O[Si](C)(C)C. The van der Waals surface area contributed by atoms with Crippen molar-refractivity contribution in [3.63, 3.8) is 0 Å². The zero-order valence-corrected chi connectivity index (χ0v) is 26.0. The van der Waals surface area contributed by atoms with Gasteiger partial charge in [0, 0.05) is 6.92 Å². The molecule has 0 aromatic rings. The van der Waals surface area contributed by atoms with Crippen LogP contribution in [0.4, 0.5) is 0 Å². The van der Waals surface area contributed by atoms with Gasteiger partial charge in [-0.15, -0.1) is 0 Å². The fourth-order valence-electron chi connectivity index (χ4n) is 2.93. The molecule has 0 aromatic heterocycles. The van der Waals surface area contributed by atoms with Crippen LogP contribution in [0.1, 0.15) is 6.92 Å². The molecule has 31 heavy (non-hydrogen) atoms. The molecule has 0 heterocycles. The van der Waals surface area contributed by atoms with Gasteiger partial charge in [0.15, 0.2) is 33.3 Å². The zero-order chi connectivity index (χ0) is 24.8. The molecule has 0 unspecified atom stereocenters. The first kappa shape index (κ1) is 30.8. The standard InChI is InChI=1S/C20H47NO6Si4/c1-16(23)21-17(14-22)19(26-30(8,9)10)20(27-31(11,12)13)18(25-29(5,6)7)15-24-28(2,3)4/h14,17-20H,15H2,1-13H3,(H,21,23)/t17-,18+,19+,20+/m0/s1. The first-order valence-electron chi connectivity index (χ1n) is 11.0. The van der Waals surface area contributed by atoms with Gasteiger partial charge in [-0.25, -0.2) is 0 Å². The third-order valence-corrected chi connectivity index (χ3v) is 7.73. The highest BCUT2D eigenvalue weighted by Gasteiger charge is 2.43. The summed E-state index contributed by atoms with van der Waals surface area (Å²) in [7, 11) is -7.98. The fraction of sp³-hybridized carbons (Fsp3) is 0.900. The van der Waals surface area contributed by atoms with Crippen molar-refractivity contribution < 1.29 is 27.3 Å². The molecule has 0 aromatic carbocycles. The van der Waals surface area contributed by atoms with E-state index in [-0.39, 0.29) is 5.91 Å². The largest absolute Gasteiger partial charge is 0.415 e. The maximum Gasteiger partial charge on any atom is 0.217 e. The van der Waals surface area contributed by atoms with Gasteiger partial charge in [-0.05, 0) is 78.6 Å². The predicted molar refractivity (Wildman–Crippen MR) is 138 cm³/mol. The first-order chi connectivity index (χ1) is 13.6. The topological polar surface area (TPSA) is 83.1 Å². The lowest BCUT2D eigenvalue weighted by Gasteiger charge is -2.43. The number of aldehydes is 1. The van der Waals surface area contributed by atoms with Crippen molar-refractivity contribution in [2.24, 2.45) is 0 Å². The average molecular weight is 510 g/mol. The maximum atomic E-state index is 12.1. The molecule has 4 atom stereocenters. The Morgan fingerprint density at radius 1 is 0.742 bits per heavy atom. The van der Waals surface area contributed by atoms with Crippen molar-refractivity contribution in [3.8, 4) is 0 Å². The Bertz CT molecular complexity index is 578. The van der Waals surface area contributed by atoms with Crippen molar-refractivity contribution in [3.05, 3.63) is 0 Å². The molecular formula is C20H47NO6Si4. The molecule has 0 aliphatic carbocycles. The summed E-state index contributed by atoms with van der Waals surface area (Å²) in [5.41, 5.74) is 0. The second-order valence-corrected chi connectivity index (χ2v) is 29.8. The maximum absolute atomic E-state index is 12.1. The number of nitrogens with one attached hydrogen (secondary N) is 1. The molecule has 11 heteroatoms. The van der Waals surface area contributed by atoms with Gasteiger partial charge in [-0.1, -0.05) is 0 Å². The third-order valence-electron chi connectivity index (χ3n) is 3.73. The number of rotatable bonds is 14. The van der Waals surface area contributed by atoms with Crippen molar-refractivity contribution in [1.82, 2.24) is 5.32 Å². The molecule has 0 rings (SSSR count). The van der Waals surface area contributed by atoms with E-state index < -0.39 is 57.6 Å². The van der Waals surface area contributed by atoms with E-state index in [4.69, 9.17) is 17.7 Å². The number of amides is 1. The van der Waals surface area contributed by atoms with Gasteiger partial charge in [0.05, 0.1) is 24.9 Å². The smallest absolute Gasteiger partial charge is 0.217 e. The van der Waals surface area contributed by atoms with E-state index in [1.54, 1.807) is 0 Å². The molecule has 0 saturated carbocycles. The number of hydrogen-bond donors (Lipinski definition) is 1. The van der Waals surface area contributed by atoms with E-state index in [0.29, 0.717) is 6.61 Å². The van der Waals surface area contributed by atoms with Crippen LogP contribution in [-0.2, 0) is 27.3 Å². The molecular weight excluding hydrogens is 463 g/mol.